The molecule has 3 nitrogen and oxygen atoms in total. The van der Waals surface area contributed by atoms with E-state index in [4.69, 9.17) is 0 Å². The van der Waals surface area contributed by atoms with Crippen molar-refractivity contribution in [1.29, 1.82) is 0 Å². The number of hydrogen-bond donors (Lipinski definition) is 0. The highest BCUT2D eigenvalue weighted by Crippen LogP contribution is 2.08. The van der Waals surface area contributed by atoms with Crippen LogP contribution < -0.4 is 0 Å². The maximum absolute atomic E-state index is 10.3. The Morgan fingerprint density at radius 2 is 2.38 bits per heavy atom. The minimum atomic E-state index is 0.466. The number of rotatable bonds is 2. The van der Waals surface area contributed by atoms with Crippen LogP contribution in [0.4, 0.5) is 0 Å². The van der Waals surface area contributed by atoms with E-state index in [9.17, 15) is 4.79 Å². The van der Waals surface area contributed by atoms with Gasteiger partial charge in [-0.05, 0) is 18.6 Å². The van der Waals surface area contributed by atoms with Crippen molar-refractivity contribution in [2.75, 3.05) is 0 Å². The fourth-order valence-electron chi connectivity index (χ4n) is 1.38. The summed E-state index contributed by atoms with van der Waals surface area (Å²) < 4.78 is 1.98. The van der Waals surface area contributed by atoms with E-state index < -0.39 is 0 Å². The van der Waals surface area contributed by atoms with E-state index in [2.05, 4.69) is 4.98 Å². The zero-order valence-electron chi connectivity index (χ0n) is 7.40. The predicted octanol–water partition coefficient (Wildman–Crippen LogP) is 1.38. The minimum absolute atomic E-state index is 0.466. The molecule has 2 rings (SSSR count). The highest BCUT2D eigenvalue weighted by atomic mass is 16.1. The summed E-state index contributed by atoms with van der Waals surface area (Å²) in [7, 11) is 0. The zero-order valence-corrected chi connectivity index (χ0v) is 7.40. The average molecular weight is 174 g/mol. The predicted molar refractivity (Wildman–Crippen MR) is 49.7 cm³/mol. The molecule has 2 aromatic heterocycles. The van der Waals surface area contributed by atoms with E-state index in [1.807, 2.05) is 35.9 Å². The van der Waals surface area contributed by atoms with Gasteiger partial charge in [0.15, 0.2) is 0 Å². The van der Waals surface area contributed by atoms with Crippen molar-refractivity contribution < 1.29 is 4.79 Å². The molecule has 66 valence electrons. The molecule has 3 heteroatoms. The number of aromatic nitrogens is 2. The summed E-state index contributed by atoms with van der Waals surface area (Å²) >= 11 is 0. The average Bonchev–Trinajstić information content (AvgIpc) is 2.49. The van der Waals surface area contributed by atoms with Crippen molar-refractivity contribution in [3.8, 4) is 0 Å². The van der Waals surface area contributed by atoms with Crippen LogP contribution in [0, 0.1) is 6.92 Å². The Morgan fingerprint density at radius 3 is 3.15 bits per heavy atom. The number of fused-ring (bicyclic) bond motifs is 1. The minimum Gasteiger partial charge on any atom is -0.304 e. The topological polar surface area (TPSA) is 34.4 Å². The first-order valence-electron chi connectivity index (χ1n) is 4.17. The Balaban J connectivity index is 2.58. The van der Waals surface area contributed by atoms with Gasteiger partial charge in [0.2, 0.25) is 0 Å². The molecule has 13 heavy (non-hydrogen) atoms. The highest BCUT2D eigenvalue weighted by molar-refractivity contribution is 5.56. The van der Waals surface area contributed by atoms with Crippen LogP contribution in [0.2, 0.25) is 0 Å². The van der Waals surface area contributed by atoms with Gasteiger partial charge in [0, 0.05) is 12.6 Å². The van der Waals surface area contributed by atoms with Gasteiger partial charge in [-0.15, -0.1) is 0 Å². The molecular formula is C10H10N2O. The Hall–Kier alpha value is -1.64. The molecule has 0 N–H and O–H groups in total. The zero-order chi connectivity index (χ0) is 9.26. The third-order valence-corrected chi connectivity index (χ3v) is 2.09. The number of nitrogens with zero attached hydrogens (tertiary/aromatic N) is 2. The van der Waals surface area contributed by atoms with Crippen molar-refractivity contribution in [2.24, 2.45) is 0 Å². The molecule has 0 aliphatic rings. The largest absolute Gasteiger partial charge is 0.304 e. The first kappa shape index (κ1) is 7.98. The van der Waals surface area contributed by atoms with Gasteiger partial charge in [0.05, 0.1) is 11.7 Å². The molecule has 0 saturated carbocycles. The van der Waals surface area contributed by atoms with Gasteiger partial charge in [-0.25, -0.2) is 4.98 Å². The van der Waals surface area contributed by atoms with Crippen molar-refractivity contribution in [1.82, 2.24) is 9.38 Å². The van der Waals surface area contributed by atoms with Crippen molar-refractivity contribution in [3.05, 3.63) is 35.9 Å². The van der Waals surface area contributed by atoms with Crippen molar-refractivity contribution >= 4 is 11.8 Å². The molecule has 0 unspecified atom stereocenters. The second-order valence-electron chi connectivity index (χ2n) is 3.01. The maximum Gasteiger partial charge on any atom is 0.124 e. The van der Waals surface area contributed by atoms with Crippen LogP contribution >= 0.6 is 0 Å². The normalized spacial score (nSPS) is 10.5. The van der Waals surface area contributed by atoms with Gasteiger partial charge in [0.1, 0.15) is 12.1 Å². The van der Waals surface area contributed by atoms with E-state index >= 15 is 0 Å². The Bertz CT molecular complexity index is 445. The monoisotopic (exact) mass is 174 g/mol. The quantitative estimate of drug-likeness (QED) is 0.645. The number of pyridine rings is 1. The Morgan fingerprint density at radius 1 is 1.54 bits per heavy atom. The summed E-state index contributed by atoms with van der Waals surface area (Å²) in [5.41, 5.74) is 2.08. The Kier molecular flexibility index (Phi) is 1.85. The van der Waals surface area contributed by atoms with E-state index in [1.54, 1.807) is 0 Å². The van der Waals surface area contributed by atoms with Crippen LogP contribution in [0.25, 0.3) is 5.52 Å². The fourth-order valence-corrected chi connectivity index (χ4v) is 1.38. The van der Waals surface area contributed by atoms with Crippen molar-refractivity contribution in [2.45, 2.75) is 13.3 Å². The van der Waals surface area contributed by atoms with Crippen LogP contribution in [0.1, 0.15) is 11.4 Å². The van der Waals surface area contributed by atoms with Crippen LogP contribution in [0.5, 0.6) is 0 Å². The molecule has 0 amide bonds. The van der Waals surface area contributed by atoms with Gasteiger partial charge in [-0.3, -0.25) is 0 Å². The summed E-state index contributed by atoms with van der Waals surface area (Å²) in [5.74, 6) is 0.947. The SMILES string of the molecule is Cc1ncc2ccc(CC=O)cn12. The van der Waals surface area contributed by atoms with Gasteiger partial charge >= 0.3 is 0 Å². The smallest absolute Gasteiger partial charge is 0.124 e. The van der Waals surface area contributed by atoms with Gasteiger partial charge < -0.3 is 9.20 Å². The van der Waals surface area contributed by atoms with Crippen LogP contribution in [-0.4, -0.2) is 15.7 Å². The third-order valence-electron chi connectivity index (χ3n) is 2.09. The number of carbonyl (C=O) groups excluding carboxylic acids is 1. The van der Waals surface area contributed by atoms with E-state index in [-0.39, 0.29) is 0 Å². The summed E-state index contributed by atoms with van der Waals surface area (Å²) in [6.07, 6.45) is 5.15. The number of aldehydes is 1. The second-order valence-corrected chi connectivity index (χ2v) is 3.01. The van der Waals surface area contributed by atoms with Gasteiger partial charge in [-0.1, -0.05) is 6.07 Å². The Labute approximate surface area is 76.0 Å². The molecule has 0 bridgehead atoms. The lowest BCUT2D eigenvalue weighted by molar-refractivity contribution is -0.107. The van der Waals surface area contributed by atoms with Crippen molar-refractivity contribution in [3.63, 3.8) is 0 Å². The van der Waals surface area contributed by atoms with Gasteiger partial charge in [-0.2, -0.15) is 0 Å². The highest BCUT2D eigenvalue weighted by Gasteiger charge is 1.98. The standard InChI is InChI=1S/C10H10N2O/c1-8-11-6-10-3-2-9(4-5-13)7-12(8)10/h2-3,5-7H,4H2,1H3. The number of aryl methyl sites for hydroxylation is 1. The molecule has 0 radical (unpaired) electrons. The fraction of sp³-hybridized carbons (Fsp3) is 0.200. The summed E-state index contributed by atoms with van der Waals surface area (Å²) in [6.45, 7) is 1.94. The second kappa shape index (κ2) is 3.01. The van der Waals surface area contributed by atoms with Crippen LogP contribution in [-0.2, 0) is 11.2 Å². The van der Waals surface area contributed by atoms with E-state index in [1.165, 1.54) is 0 Å². The van der Waals surface area contributed by atoms with Crippen LogP contribution in [0.15, 0.2) is 24.5 Å². The maximum atomic E-state index is 10.3. The molecule has 2 heterocycles. The summed E-state index contributed by atoms with van der Waals surface area (Å²) in [4.78, 5) is 14.5. The molecule has 0 aliphatic heterocycles. The third kappa shape index (κ3) is 1.33. The van der Waals surface area contributed by atoms with Gasteiger partial charge in [0.25, 0.3) is 0 Å². The first-order valence-corrected chi connectivity index (χ1v) is 4.17. The summed E-state index contributed by atoms with van der Waals surface area (Å²) in [5, 5.41) is 0. The molecule has 0 aliphatic carbocycles. The lowest BCUT2D eigenvalue weighted by atomic mass is 10.2. The van der Waals surface area contributed by atoms with Crippen LogP contribution in [0.3, 0.4) is 0 Å². The number of hydrogen-bond acceptors (Lipinski definition) is 2. The molecule has 0 atom stereocenters. The number of carbonyl (C=O) groups is 1. The first-order chi connectivity index (χ1) is 6.31. The molecular weight excluding hydrogens is 164 g/mol. The molecule has 2 aromatic rings. The lowest BCUT2D eigenvalue weighted by Crippen LogP contribution is -1.92. The van der Waals surface area contributed by atoms with E-state index in [0.717, 1.165) is 23.2 Å². The lowest BCUT2D eigenvalue weighted by Gasteiger charge is -1.99. The van der Waals surface area contributed by atoms with E-state index in [0.29, 0.717) is 6.42 Å². The number of imidazole rings is 1. The summed E-state index contributed by atoms with van der Waals surface area (Å²) in [6, 6.07) is 3.92. The molecule has 0 saturated heterocycles. The molecule has 0 fully saturated rings. The molecule has 0 spiro atoms. The molecule has 0 aromatic carbocycles.